The predicted molar refractivity (Wildman–Crippen MR) is 77.7 cm³/mol. The number of halogens is 2. The maximum atomic E-state index is 12.9. The van der Waals surface area contributed by atoms with Crippen LogP contribution in [-0.2, 0) is 13.0 Å². The van der Waals surface area contributed by atoms with Crippen molar-refractivity contribution in [2.45, 2.75) is 39.8 Å². The molecule has 2 aromatic heterocycles. The second-order valence-corrected chi connectivity index (χ2v) is 5.62. The molecule has 0 bridgehead atoms. The van der Waals surface area contributed by atoms with E-state index in [-0.39, 0.29) is 12.2 Å². The van der Waals surface area contributed by atoms with Crippen LogP contribution in [0.3, 0.4) is 0 Å². The van der Waals surface area contributed by atoms with Crippen molar-refractivity contribution < 1.29 is 13.6 Å². The molecule has 0 spiro atoms. The van der Waals surface area contributed by atoms with Gasteiger partial charge in [-0.1, -0.05) is 6.92 Å². The first kappa shape index (κ1) is 15.6. The Balaban J connectivity index is 2.01. The number of rotatable bonds is 6. The highest BCUT2D eigenvalue weighted by Gasteiger charge is 2.19. The molecule has 0 aliphatic rings. The Bertz CT molecular complexity index is 622. The second-order valence-electron chi connectivity index (χ2n) is 4.67. The lowest BCUT2D eigenvalue weighted by Gasteiger charge is -2.10. The minimum Gasteiger partial charge on any atom is -0.345 e. The molecule has 0 saturated carbocycles. The summed E-state index contributed by atoms with van der Waals surface area (Å²) in [6.45, 7) is 1.13. The van der Waals surface area contributed by atoms with Crippen molar-refractivity contribution in [1.29, 1.82) is 0 Å². The molecule has 2 aromatic rings. The normalized spacial score (nSPS) is 11.1. The molecule has 2 rings (SSSR count). The molecule has 0 radical (unpaired) electrons. The number of aryl methyl sites for hydroxylation is 2. The van der Waals surface area contributed by atoms with Gasteiger partial charge in [0, 0.05) is 11.1 Å². The Morgan fingerprint density at radius 3 is 2.90 bits per heavy atom. The first-order valence-electron chi connectivity index (χ1n) is 6.70. The molecule has 0 aliphatic carbocycles. The van der Waals surface area contributed by atoms with Crippen LogP contribution in [0, 0.1) is 6.92 Å². The topological polar surface area (TPSA) is 46.9 Å². The van der Waals surface area contributed by atoms with Gasteiger partial charge in [-0.3, -0.25) is 9.36 Å². The largest absolute Gasteiger partial charge is 0.345 e. The van der Waals surface area contributed by atoms with E-state index in [2.05, 4.69) is 17.2 Å². The van der Waals surface area contributed by atoms with Crippen LogP contribution in [0.15, 0.2) is 17.5 Å². The van der Waals surface area contributed by atoms with E-state index >= 15 is 0 Å². The molecule has 2 heterocycles. The summed E-state index contributed by atoms with van der Waals surface area (Å²) in [5.41, 5.74) is 1.07. The highest BCUT2D eigenvalue weighted by Crippen LogP contribution is 2.19. The summed E-state index contributed by atoms with van der Waals surface area (Å²) in [7, 11) is 0. The van der Waals surface area contributed by atoms with Gasteiger partial charge in [-0.05, 0) is 31.9 Å². The fourth-order valence-corrected chi connectivity index (χ4v) is 2.91. The van der Waals surface area contributed by atoms with Gasteiger partial charge in [-0.15, -0.1) is 11.3 Å². The molecule has 0 saturated heterocycles. The monoisotopic (exact) mass is 313 g/mol. The van der Waals surface area contributed by atoms with Gasteiger partial charge in [0.1, 0.15) is 5.69 Å². The number of aromatic nitrogens is 2. The van der Waals surface area contributed by atoms with E-state index in [0.29, 0.717) is 5.69 Å². The fourth-order valence-electron chi connectivity index (χ4n) is 2.01. The fraction of sp³-hybridized carbons (Fsp3) is 0.429. The van der Waals surface area contributed by atoms with E-state index in [1.807, 2.05) is 5.38 Å². The van der Waals surface area contributed by atoms with Gasteiger partial charge in [-0.25, -0.2) is 4.98 Å². The maximum absolute atomic E-state index is 12.9. The number of amides is 1. The Morgan fingerprint density at radius 2 is 2.24 bits per heavy atom. The molecule has 7 heteroatoms. The van der Waals surface area contributed by atoms with Crippen LogP contribution in [0.4, 0.5) is 8.78 Å². The van der Waals surface area contributed by atoms with E-state index in [1.54, 1.807) is 18.3 Å². The van der Waals surface area contributed by atoms with E-state index < -0.39 is 12.5 Å². The van der Waals surface area contributed by atoms with Gasteiger partial charge in [0.2, 0.25) is 0 Å². The lowest BCUT2D eigenvalue weighted by atomic mass is 10.3. The van der Waals surface area contributed by atoms with Crippen molar-refractivity contribution in [2.75, 3.05) is 0 Å². The molecule has 4 nitrogen and oxygen atoms in total. The Hall–Kier alpha value is -1.76. The number of hydrogen-bond donors (Lipinski definition) is 1. The maximum Gasteiger partial charge on any atom is 0.319 e. The third kappa shape index (κ3) is 3.66. The Kier molecular flexibility index (Phi) is 5.06. The molecular formula is C14H17F2N3OS. The number of hydrogen-bond acceptors (Lipinski definition) is 3. The third-order valence-corrected chi connectivity index (χ3v) is 4.00. The van der Waals surface area contributed by atoms with Crippen LogP contribution in [0.1, 0.15) is 46.8 Å². The molecule has 0 aliphatic heterocycles. The average molecular weight is 313 g/mol. The predicted octanol–water partition coefficient (Wildman–Crippen LogP) is 3.53. The zero-order chi connectivity index (χ0) is 15.4. The zero-order valence-corrected chi connectivity index (χ0v) is 12.7. The molecule has 0 fully saturated rings. The van der Waals surface area contributed by atoms with Gasteiger partial charge in [0.05, 0.1) is 17.2 Å². The van der Waals surface area contributed by atoms with Gasteiger partial charge in [0.25, 0.3) is 5.91 Å². The molecule has 0 unspecified atom stereocenters. The average Bonchev–Trinajstić information content (AvgIpc) is 3.03. The first-order chi connectivity index (χ1) is 10.0. The van der Waals surface area contributed by atoms with Crippen LogP contribution in [0.2, 0.25) is 0 Å². The summed E-state index contributed by atoms with van der Waals surface area (Å²) < 4.78 is 26.5. The van der Waals surface area contributed by atoms with Crippen LogP contribution < -0.4 is 5.32 Å². The Morgan fingerprint density at radius 1 is 1.48 bits per heavy atom. The number of nitrogens with one attached hydrogen (secondary N) is 1. The lowest BCUT2D eigenvalue weighted by Crippen LogP contribution is -2.26. The van der Waals surface area contributed by atoms with Crippen LogP contribution in [-0.4, -0.2) is 15.5 Å². The van der Waals surface area contributed by atoms with Crippen molar-refractivity contribution in [3.05, 3.63) is 39.6 Å². The number of nitrogens with zero attached hydrogens (tertiary/aromatic N) is 2. The highest BCUT2D eigenvalue weighted by molar-refractivity contribution is 7.09. The summed E-state index contributed by atoms with van der Waals surface area (Å²) in [4.78, 5) is 16.4. The minimum absolute atomic E-state index is 0.0356. The number of alkyl halides is 2. The quantitative estimate of drug-likeness (QED) is 0.887. The minimum atomic E-state index is -2.73. The van der Waals surface area contributed by atoms with Crippen LogP contribution in [0.25, 0.3) is 0 Å². The molecule has 1 N–H and O–H groups in total. The smallest absolute Gasteiger partial charge is 0.319 e. The number of carbonyl (C=O) groups excluding carboxylic acids is 1. The molecule has 0 atom stereocenters. The molecule has 0 aromatic carbocycles. The summed E-state index contributed by atoms with van der Waals surface area (Å²) in [5, 5.41) is 5.53. The van der Waals surface area contributed by atoms with Crippen molar-refractivity contribution in [2.24, 2.45) is 0 Å². The van der Waals surface area contributed by atoms with Gasteiger partial charge in [0.15, 0.2) is 0 Å². The highest BCUT2D eigenvalue weighted by atomic mass is 32.1. The summed E-state index contributed by atoms with van der Waals surface area (Å²) in [6.07, 6.45) is 1.92. The standard InChI is InChI=1S/C14H17F2N3OS/c1-3-4-12-18-10(8-21-12)7-17-13(20)11-6-5-9(2)19(11)14(15)16/h5-6,8,14H,3-4,7H2,1-2H3,(H,17,20). The van der Waals surface area contributed by atoms with E-state index in [0.717, 1.165) is 28.1 Å². The van der Waals surface area contributed by atoms with Crippen molar-refractivity contribution in [3.8, 4) is 0 Å². The van der Waals surface area contributed by atoms with Crippen molar-refractivity contribution in [1.82, 2.24) is 14.9 Å². The molecular weight excluding hydrogens is 296 g/mol. The molecule has 21 heavy (non-hydrogen) atoms. The summed E-state index contributed by atoms with van der Waals surface area (Å²) >= 11 is 1.55. The molecule has 1 amide bonds. The second kappa shape index (κ2) is 6.80. The van der Waals surface area contributed by atoms with Crippen LogP contribution >= 0.6 is 11.3 Å². The van der Waals surface area contributed by atoms with Crippen molar-refractivity contribution in [3.63, 3.8) is 0 Å². The summed E-state index contributed by atoms with van der Waals surface area (Å²) in [5.74, 6) is -0.520. The van der Waals surface area contributed by atoms with E-state index in [4.69, 9.17) is 0 Å². The van der Waals surface area contributed by atoms with Crippen LogP contribution in [0.5, 0.6) is 0 Å². The zero-order valence-electron chi connectivity index (χ0n) is 11.9. The number of thiazole rings is 1. The van der Waals surface area contributed by atoms with Gasteiger partial charge in [-0.2, -0.15) is 8.78 Å². The van der Waals surface area contributed by atoms with Gasteiger partial charge < -0.3 is 5.32 Å². The van der Waals surface area contributed by atoms with E-state index in [1.165, 1.54) is 12.1 Å². The van der Waals surface area contributed by atoms with E-state index in [9.17, 15) is 13.6 Å². The summed E-state index contributed by atoms with van der Waals surface area (Å²) in [6, 6.07) is 2.91. The number of carbonyl (C=O) groups is 1. The first-order valence-corrected chi connectivity index (χ1v) is 7.58. The Labute approximate surface area is 125 Å². The SMILES string of the molecule is CCCc1nc(CNC(=O)c2ccc(C)n2C(F)F)cs1. The third-order valence-electron chi connectivity index (χ3n) is 3.04. The lowest BCUT2D eigenvalue weighted by molar-refractivity contribution is 0.0617. The molecule has 114 valence electrons. The van der Waals surface area contributed by atoms with Crippen molar-refractivity contribution >= 4 is 17.2 Å². The van der Waals surface area contributed by atoms with Gasteiger partial charge >= 0.3 is 6.55 Å².